The molecule has 0 fully saturated rings. The van der Waals surface area contributed by atoms with Gasteiger partial charge in [-0.2, -0.15) is 0 Å². The molecule has 1 atom stereocenters. The summed E-state index contributed by atoms with van der Waals surface area (Å²) in [7, 11) is 0. The molecule has 19 heavy (non-hydrogen) atoms. The van der Waals surface area contributed by atoms with E-state index in [1.807, 2.05) is 12.1 Å². The highest BCUT2D eigenvalue weighted by molar-refractivity contribution is 5.74. The van der Waals surface area contributed by atoms with E-state index in [2.05, 4.69) is 43.5 Å². The van der Waals surface area contributed by atoms with Crippen molar-refractivity contribution in [2.24, 2.45) is 0 Å². The smallest absolute Gasteiger partial charge is 0.315 e. The van der Waals surface area contributed by atoms with E-state index in [0.717, 1.165) is 5.56 Å². The number of hydrogen-bond donors (Lipinski definition) is 3. The van der Waals surface area contributed by atoms with E-state index < -0.39 is 0 Å². The molecule has 0 radical (unpaired) electrons. The molecule has 0 aliphatic carbocycles. The van der Waals surface area contributed by atoms with Gasteiger partial charge in [0.1, 0.15) is 0 Å². The third kappa shape index (κ3) is 5.30. The zero-order valence-electron chi connectivity index (χ0n) is 12.2. The lowest BCUT2D eigenvalue weighted by atomic mass is 9.87. The van der Waals surface area contributed by atoms with E-state index in [-0.39, 0.29) is 24.1 Å². The highest BCUT2D eigenvalue weighted by atomic mass is 16.3. The zero-order valence-corrected chi connectivity index (χ0v) is 12.2. The Hall–Kier alpha value is -1.55. The molecule has 0 saturated carbocycles. The second kappa shape index (κ2) is 6.57. The van der Waals surface area contributed by atoms with E-state index in [0.29, 0.717) is 6.54 Å². The third-order valence-corrected chi connectivity index (χ3v) is 2.92. The normalized spacial score (nSPS) is 12.9. The van der Waals surface area contributed by atoms with Gasteiger partial charge in [0.25, 0.3) is 0 Å². The molecular weight excluding hydrogens is 240 g/mol. The van der Waals surface area contributed by atoms with Crippen LogP contribution in [0.25, 0.3) is 0 Å². The van der Waals surface area contributed by atoms with Crippen LogP contribution in [0, 0.1) is 0 Å². The Bertz CT molecular complexity index is 407. The lowest BCUT2D eigenvalue weighted by Crippen LogP contribution is -2.41. The van der Waals surface area contributed by atoms with Gasteiger partial charge in [-0.1, -0.05) is 45.0 Å². The Kier molecular flexibility index (Phi) is 5.36. The average molecular weight is 264 g/mol. The summed E-state index contributed by atoms with van der Waals surface area (Å²) in [6.07, 6.45) is 0. The third-order valence-electron chi connectivity index (χ3n) is 2.92. The van der Waals surface area contributed by atoms with Crippen LogP contribution in [0.5, 0.6) is 0 Å². The van der Waals surface area contributed by atoms with Crippen molar-refractivity contribution in [1.29, 1.82) is 0 Å². The molecule has 0 bridgehead atoms. The molecule has 1 unspecified atom stereocenters. The Morgan fingerprint density at radius 1 is 1.26 bits per heavy atom. The monoisotopic (exact) mass is 264 g/mol. The predicted molar refractivity (Wildman–Crippen MR) is 77.1 cm³/mol. The summed E-state index contributed by atoms with van der Waals surface area (Å²) >= 11 is 0. The van der Waals surface area contributed by atoms with Crippen LogP contribution in [0.4, 0.5) is 4.79 Å². The fourth-order valence-electron chi connectivity index (χ4n) is 1.63. The van der Waals surface area contributed by atoms with Crippen LogP contribution in [0.3, 0.4) is 0 Å². The van der Waals surface area contributed by atoms with Gasteiger partial charge in [-0.05, 0) is 23.5 Å². The molecule has 106 valence electrons. The first-order valence-electron chi connectivity index (χ1n) is 6.57. The summed E-state index contributed by atoms with van der Waals surface area (Å²) in [5.41, 5.74) is 2.47. The maximum atomic E-state index is 11.5. The molecule has 1 rings (SSSR count). The number of carbonyl (C=O) groups excluding carboxylic acids is 1. The molecule has 0 heterocycles. The van der Waals surface area contributed by atoms with Crippen LogP contribution in [-0.4, -0.2) is 23.8 Å². The summed E-state index contributed by atoms with van der Waals surface area (Å²) in [5.74, 6) is 0. The van der Waals surface area contributed by atoms with Gasteiger partial charge in [-0.3, -0.25) is 0 Å². The molecule has 2 amide bonds. The van der Waals surface area contributed by atoms with Gasteiger partial charge < -0.3 is 15.7 Å². The zero-order chi connectivity index (χ0) is 14.5. The largest absolute Gasteiger partial charge is 0.394 e. The predicted octanol–water partition coefficient (Wildman–Crippen LogP) is 2.16. The van der Waals surface area contributed by atoms with Gasteiger partial charge in [0.05, 0.1) is 12.6 Å². The highest BCUT2D eigenvalue weighted by Crippen LogP contribution is 2.22. The molecule has 0 spiro atoms. The first-order valence-corrected chi connectivity index (χ1v) is 6.57. The number of urea groups is 1. The number of amides is 2. The summed E-state index contributed by atoms with van der Waals surface area (Å²) in [5, 5.41) is 14.2. The molecule has 0 saturated heterocycles. The number of aliphatic hydroxyl groups excluding tert-OH is 1. The van der Waals surface area contributed by atoms with Crippen LogP contribution < -0.4 is 10.6 Å². The molecule has 0 aromatic heterocycles. The van der Waals surface area contributed by atoms with E-state index >= 15 is 0 Å². The van der Waals surface area contributed by atoms with Crippen LogP contribution in [-0.2, 0) is 12.0 Å². The van der Waals surface area contributed by atoms with Gasteiger partial charge in [-0.15, -0.1) is 0 Å². The van der Waals surface area contributed by atoms with Gasteiger partial charge in [0.2, 0.25) is 0 Å². The van der Waals surface area contributed by atoms with Crippen LogP contribution in [0.15, 0.2) is 24.3 Å². The standard InChI is InChI=1S/C15H24N2O2/c1-11(10-18)17-14(19)16-9-12-5-7-13(8-6-12)15(2,3)4/h5-8,11,18H,9-10H2,1-4H3,(H2,16,17,19). The minimum absolute atomic E-state index is 0.0618. The van der Waals surface area contributed by atoms with E-state index in [4.69, 9.17) is 5.11 Å². The summed E-state index contributed by atoms with van der Waals surface area (Å²) in [6, 6.07) is 7.73. The molecule has 0 aliphatic heterocycles. The average Bonchev–Trinajstić information content (AvgIpc) is 2.35. The molecule has 3 N–H and O–H groups in total. The second-order valence-corrected chi connectivity index (χ2v) is 5.86. The lowest BCUT2D eigenvalue weighted by molar-refractivity contribution is 0.220. The van der Waals surface area contributed by atoms with Crippen molar-refractivity contribution in [2.45, 2.75) is 45.7 Å². The Morgan fingerprint density at radius 2 is 1.84 bits per heavy atom. The summed E-state index contributed by atoms with van der Waals surface area (Å²) in [4.78, 5) is 11.5. The number of nitrogens with one attached hydrogen (secondary N) is 2. The number of rotatable bonds is 4. The second-order valence-electron chi connectivity index (χ2n) is 5.86. The lowest BCUT2D eigenvalue weighted by Gasteiger charge is -2.19. The molecule has 4 nitrogen and oxygen atoms in total. The number of aliphatic hydroxyl groups is 1. The van der Waals surface area contributed by atoms with Gasteiger partial charge in [0, 0.05) is 6.54 Å². The molecule has 1 aromatic rings. The van der Waals surface area contributed by atoms with E-state index in [1.54, 1.807) is 6.92 Å². The van der Waals surface area contributed by atoms with Crippen LogP contribution in [0.2, 0.25) is 0 Å². The van der Waals surface area contributed by atoms with Gasteiger partial charge in [0.15, 0.2) is 0 Å². The first kappa shape index (κ1) is 15.5. The van der Waals surface area contributed by atoms with Crippen molar-refractivity contribution in [3.63, 3.8) is 0 Å². The molecule has 4 heteroatoms. The SMILES string of the molecule is CC(CO)NC(=O)NCc1ccc(C(C)(C)C)cc1. The van der Waals surface area contributed by atoms with Crippen molar-refractivity contribution in [3.05, 3.63) is 35.4 Å². The fraction of sp³-hybridized carbons (Fsp3) is 0.533. The number of carbonyl (C=O) groups is 1. The topological polar surface area (TPSA) is 61.4 Å². The number of hydrogen-bond acceptors (Lipinski definition) is 2. The van der Waals surface area contributed by atoms with Crippen LogP contribution in [0.1, 0.15) is 38.8 Å². The van der Waals surface area contributed by atoms with Crippen molar-refractivity contribution in [3.8, 4) is 0 Å². The minimum atomic E-state index is -0.263. The first-order chi connectivity index (χ1) is 8.82. The summed E-state index contributed by atoms with van der Waals surface area (Å²) in [6.45, 7) is 8.68. The van der Waals surface area contributed by atoms with Crippen molar-refractivity contribution in [2.75, 3.05) is 6.61 Å². The van der Waals surface area contributed by atoms with Gasteiger partial charge >= 0.3 is 6.03 Å². The van der Waals surface area contributed by atoms with Crippen molar-refractivity contribution in [1.82, 2.24) is 10.6 Å². The van der Waals surface area contributed by atoms with Gasteiger partial charge in [-0.25, -0.2) is 4.79 Å². The minimum Gasteiger partial charge on any atom is -0.394 e. The fourth-order valence-corrected chi connectivity index (χ4v) is 1.63. The van der Waals surface area contributed by atoms with Crippen molar-refractivity contribution < 1.29 is 9.90 Å². The quantitative estimate of drug-likeness (QED) is 0.780. The maximum Gasteiger partial charge on any atom is 0.315 e. The van der Waals surface area contributed by atoms with Crippen LogP contribution >= 0.6 is 0 Å². The Morgan fingerprint density at radius 3 is 2.32 bits per heavy atom. The van der Waals surface area contributed by atoms with Crippen molar-refractivity contribution >= 4 is 6.03 Å². The van der Waals surface area contributed by atoms with E-state index in [9.17, 15) is 4.79 Å². The number of benzene rings is 1. The molecule has 1 aromatic carbocycles. The highest BCUT2D eigenvalue weighted by Gasteiger charge is 2.12. The Labute approximate surface area is 115 Å². The summed E-state index contributed by atoms with van der Waals surface area (Å²) < 4.78 is 0. The Balaban J connectivity index is 2.48. The molecule has 0 aliphatic rings. The maximum absolute atomic E-state index is 11.5. The molecular formula is C15H24N2O2. The van der Waals surface area contributed by atoms with E-state index in [1.165, 1.54) is 5.56 Å².